The maximum atomic E-state index is 11.5. The molecule has 0 aliphatic heterocycles. The number of carbonyl (C=O) groups is 2. The highest BCUT2D eigenvalue weighted by atomic mass is 16.6. The number of amides is 1. The molecule has 2 heterocycles. The van der Waals surface area contributed by atoms with Crippen molar-refractivity contribution < 1.29 is 19.4 Å². The van der Waals surface area contributed by atoms with Crippen molar-refractivity contribution in [1.29, 1.82) is 0 Å². The van der Waals surface area contributed by atoms with Crippen LogP contribution in [0.25, 0.3) is 10.9 Å². The molecule has 0 saturated heterocycles. The van der Waals surface area contributed by atoms with Crippen LogP contribution in [0.15, 0.2) is 24.5 Å². The van der Waals surface area contributed by atoms with Gasteiger partial charge >= 0.3 is 12.2 Å². The number of carbonyl (C=O) groups excluding carboxylic acids is 1. The lowest BCUT2D eigenvalue weighted by molar-refractivity contribution is 0.0528. The summed E-state index contributed by atoms with van der Waals surface area (Å²) in [5.41, 5.74) is 0.739. The number of nitrogens with one attached hydrogen (secondary N) is 1. The molecular weight excluding hydrogens is 286 g/mol. The molecule has 0 saturated carbocycles. The first-order chi connectivity index (χ1) is 10.3. The summed E-state index contributed by atoms with van der Waals surface area (Å²) in [6.07, 6.45) is 2.07. The Kier molecular flexibility index (Phi) is 4.35. The molecule has 2 rings (SSSR count). The van der Waals surface area contributed by atoms with Crippen molar-refractivity contribution >= 4 is 23.1 Å². The predicted molar refractivity (Wildman–Crippen MR) is 81.1 cm³/mol. The molecule has 7 heteroatoms. The smallest absolute Gasteiger partial charge is 0.416 e. The van der Waals surface area contributed by atoms with Gasteiger partial charge < -0.3 is 15.2 Å². The van der Waals surface area contributed by atoms with Gasteiger partial charge in [0.05, 0.1) is 5.52 Å². The van der Waals surface area contributed by atoms with Crippen LogP contribution in [0.2, 0.25) is 0 Å². The Morgan fingerprint density at radius 2 is 2.14 bits per heavy atom. The van der Waals surface area contributed by atoms with Crippen LogP contribution in [-0.2, 0) is 11.2 Å². The van der Waals surface area contributed by atoms with E-state index in [1.807, 2.05) is 0 Å². The largest absolute Gasteiger partial charge is 0.464 e. The van der Waals surface area contributed by atoms with Crippen molar-refractivity contribution in [3.05, 3.63) is 30.2 Å². The molecule has 22 heavy (non-hydrogen) atoms. The molecule has 0 aliphatic carbocycles. The monoisotopic (exact) mass is 305 g/mol. The van der Waals surface area contributed by atoms with Gasteiger partial charge in [0.25, 0.3) is 0 Å². The van der Waals surface area contributed by atoms with Gasteiger partial charge in [-0.25, -0.2) is 9.59 Å². The number of carboxylic acid groups (broad SMARTS) is 1. The van der Waals surface area contributed by atoms with Crippen LogP contribution in [0.4, 0.5) is 9.59 Å². The van der Waals surface area contributed by atoms with Gasteiger partial charge in [-0.2, -0.15) is 0 Å². The van der Waals surface area contributed by atoms with Crippen LogP contribution in [0, 0.1) is 0 Å². The summed E-state index contributed by atoms with van der Waals surface area (Å²) in [4.78, 5) is 26.9. The van der Waals surface area contributed by atoms with Crippen molar-refractivity contribution in [2.45, 2.75) is 32.8 Å². The van der Waals surface area contributed by atoms with Crippen LogP contribution < -0.4 is 5.32 Å². The lowest BCUT2D eigenvalue weighted by Crippen LogP contribution is -2.33. The molecule has 2 N–H and O–H groups in total. The Hall–Kier alpha value is -2.57. The average molecular weight is 305 g/mol. The molecule has 118 valence electrons. The summed E-state index contributed by atoms with van der Waals surface area (Å²) in [5.74, 6) is 0. The van der Waals surface area contributed by atoms with E-state index in [0.717, 1.165) is 9.95 Å². The summed E-state index contributed by atoms with van der Waals surface area (Å²) in [6.45, 7) is 5.74. The fraction of sp³-hybridized carbons (Fsp3) is 0.400. The number of ether oxygens (including phenoxy) is 1. The molecule has 2 aromatic rings. The van der Waals surface area contributed by atoms with E-state index in [-0.39, 0.29) is 0 Å². The minimum Gasteiger partial charge on any atom is -0.464 e. The molecular formula is C15H19N3O4. The minimum absolute atomic E-state index is 0.362. The van der Waals surface area contributed by atoms with Crippen molar-refractivity contribution in [1.82, 2.24) is 14.9 Å². The highest BCUT2D eigenvalue weighted by Gasteiger charge is 2.15. The van der Waals surface area contributed by atoms with Crippen LogP contribution in [0.1, 0.15) is 26.5 Å². The highest BCUT2D eigenvalue weighted by Crippen LogP contribution is 2.16. The van der Waals surface area contributed by atoms with E-state index in [1.165, 1.54) is 6.20 Å². The lowest BCUT2D eigenvalue weighted by Gasteiger charge is -2.19. The van der Waals surface area contributed by atoms with Crippen molar-refractivity contribution in [3.63, 3.8) is 0 Å². The summed E-state index contributed by atoms with van der Waals surface area (Å²) in [6, 6.07) is 3.40. The molecule has 0 bridgehead atoms. The minimum atomic E-state index is -1.04. The zero-order chi connectivity index (χ0) is 16.3. The normalized spacial score (nSPS) is 11.4. The summed E-state index contributed by atoms with van der Waals surface area (Å²) < 4.78 is 6.27. The van der Waals surface area contributed by atoms with Gasteiger partial charge in [-0.15, -0.1) is 0 Å². The third kappa shape index (κ3) is 3.97. The quantitative estimate of drug-likeness (QED) is 0.909. The molecule has 0 radical (unpaired) electrons. The summed E-state index contributed by atoms with van der Waals surface area (Å²) in [5, 5.41) is 12.5. The first-order valence-corrected chi connectivity index (χ1v) is 6.92. The first-order valence-electron chi connectivity index (χ1n) is 6.92. The van der Waals surface area contributed by atoms with Crippen LogP contribution >= 0.6 is 0 Å². The Morgan fingerprint density at radius 3 is 2.77 bits per heavy atom. The van der Waals surface area contributed by atoms with Crippen LogP contribution in [0.3, 0.4) is 0 Å². The predicted octanol–water partition coefficient (Wildman–Crippen LogP) is 2.63. The number of alkyl carbamates (subject to hydrolysis) is 1. The van der Waals surface area contributed by atoms with Gasteiger partial charge in [-0.05, 0) is 32.9 Å². The fourth-order valence-corrected chi connectivity index (χ4v) is 1.98. The second-order valence-corrected chi connectivity index (χ2v) is 5.88. The molecule has 1 amide bonds. The Morgan fingerprint density at radius 1 is 1.41 bits per heavy atom. The van der Waals surface area contributed by atoms with Gasteiger partial charge in [-0.1, -0.05) is 0 Å². The number of hydrogen-bond acceptors (Lipinski definition) is 4. The van der Waals surface area contributed by atoms with E-state index in [1.54, 1.807) is 39.1 Å². The van der Waals surface area contributed by atoms with Crippen LogP contribution in [-0.4, -0.2) is 39.0 Å². The number of hydrogen-bond donors (Lipinski definition) is 2. The summed E-state index contributed by atoms with van der Waals surface area (Å²) in [7, 11) is 0. The average Bonchev–Trinajstić information content (AvgIpc) is 2.79. The zero-order valence-corrected chi connectivity index (χ0v) is 12.8. The molecule has 7 nitrogen and oxygen atoms in total. The number of fused-ring (bicyclic) bond motifs is 1. The second-order valence-electron chi connectivity index (χ2n) is 5.88. The molecule has 0 aromatic carbocycles. The molecule has 0 aliphatic rings. The van der Waals surface area contributed by atoms with Gasteiger partial charge in [0.1, 0.15) is 5.60 Å². The molecule has 0 fully saturated rings. The summed E-state index contributed by atoms with van der Waals surface area (Å²) >= 11 is 0. The first kappa shape index (κ1) is 15.8. The molecule has 2 aromatic heterocycles. The van der Waals surface area contributed by atoms with Gasteiger partial charge in [-0.3, -0.25) is 9.55 Å². The van der Waals surface area contributed by atoms with E-state index in [9.17, 15) is 9.59 Å². The van der Waals surface area contributed by atoms with E-state index in [4.69, 9.17) is 9.84 Å². The Balaban J connectivity index is 1.99. The fourth-order valence-electron chi connectivity index (χ4n) is 1.98. The Bertz CT molecular complexity index is 700. The third-order valence-electron chi connectivity index (χ3n) is 2.89. The van der Waals surface area contributed by atoms with Crippen LogP contribution in [0.5, 0.6) is 0 Å². The van der Waals surface area contributed by atoms with Crippen molar-refractivity contribution in [2.24, 2.45) is 0 Å². The highest BCUT2D eigenvalue weighted by molar-refractivity contribution is 5.88. The van der Waals surface area contributed by atoms with E-state index in [2.05, 4.69) is 10.3 Å². The van der Waals surface area contributed by atoms with Gasteiger partial charge in [0.15, 0.2) is 0 Å². The Labute approximate surface area is 127 Å². The number of aromatic nitrogens is 2. The zero-order valence-electron chi connectivity index (χ0n) is 12.8. The van der Waals surface area contributed by atoms with Gasteiger partial charge in [0.2, 0.25) is 0 Å². The molecule has 0 spiro atoms. The SMILES string of the molecule is CC(C)(C)OC(=O)NCCc1cc2c(ccn2C(=O)O)cn1. The van der Waals surface area contributed by atoms with Gasteiger partial charge in [0, 0.05) is 36.4 Å². The number of nitrogens with zero attached hydrogens (tertiary/aromatic N) is 2. The van der Waals surface area contributed by atoms with Crippen molar-refractivity contribution in [2.75, 3.05) is 6.54 Å². The van der Waals surface area contributed by atoms with Crippen molar-refractivity contribution in [3.8, 4) is 0 Å². The molecule has 0 atom stereocenters. The van der Waals surface area contributed by atoms with E-state index < -0.39 is 17.8 Å². The standard InChI is InChI=1S/C15H19N3O4/c1-15(2,3)22-13(19)16-6-4-11-8-12-10(9-17-11)5-7-18(12)14(20)21/h5,7-9H,4,6H2,1-3H3,(H,16,19)(H,20,21). The van der Waals surface area contributed by atoms with E-state index in [0.29, 0.717) is 24.2 Å². The lowest BCUT2D eigenvalue weighted by atomic mass is 10.2. The topological polar surface area (TPSA) is 93.5 Å². The number of rotatable bonds is 3. The third-order valence-corrected chi connectivity index (χ3v) is 2.89. The number of pyridine rings is 1. The van der Waals surface area contributed by atoms with E-state index >= 15 is 0 Å². The molecule has 0 unspecified atom stereocenters. The maximum Gasteiger partial charge on any atom is 0.416 e. The maximum absolute atomic E-state index is 11.5. The second kappa shape index (κ2) is 6.05.